The highest BCUT2D eigenvalue weighted by Gasteiger charge is 2.15. The molecule has 3 nitrogen and oxygen atoms in total. The van der Waals surface area contributed by atoms with Crippen LogP contribution in [0.2, 0.25) is 0 Å². The highest BCUT2D eigenvalue weighted by atomic mass is 16.5. The van der Waals surface area contributed by atoms with Crippen LogP contribution in [0.15, 0.2) is 140 Å². The summed E-state index contributed by atoms with van der Waals surface area (Å²) >= 11 is 0. The lowest BCUT2D eigenvalue weighted by atomic mass is 9.92. The van der Waals surface area contributed by atoms with Gasteiger partial charge in [0.25, 0.3) is 0 Å². The minimum atomic E-state index is -0.382. The number of ether oxygens (including phenoxy) is 1. The molecule has 0 bridgehead atoms. The number of benzene rings is 6. The van der Waals surface area contributed by atoms with Crippen molar-refractivity contribution in [1.82, 2.24) is 0 Å². The van der Waals surface area contributed by atoms with Crippen LogP contribution < -0.4 is 9.64 Å². The summed E-state index contributed by atoms with van der Waals surface area (Å²) in [7, 11) is 0. The molecule has 0 fully saturated rings. The molecule has 0 saturated carbocycles. The van der Waals surface area contributed by atoms with Gasteiger partial charge >= 0.3 is 5.97 Å². The highest BCUT2D eigenvalue weighted by molar-refractivity contribution is 5.93. The van der Waals surface area contributed by atoms with E-state index < -0.39 is 0 Å². The van der Waals surface area contributed by atoms with Gasteiger partial charge in [0.05, 0.1) is 5.56 Å². The molecule has 0 amide bonds. The molecular formula is C40H35NO2. The predicted octanol–water partition coefficient (Wildman–Crippen LogP) is 10.9. The molecule has 6 rings (SSSR count). The van der Waals surface area contributed by atoms with Crippen molar-refractivity contribution in [3.8, 4) is 16.9 Å². The lowest BCUT2D eigenvalue weighted by molar-refractivity contribution is 0.0735. The fourth-order valence-electron chi connectivity index (χ4n) is 5.49. The number of hydrogen-bond donors (Lipinski definition) is 0. The Morgan fingerprint density at radius 3 is 2.00 bits per heavy atom. The Hall–Kier alpha value is -5.15. The van der Waals surface area contributed by atoms with Crippen LogP contribution in [0, 0.1) is 0 Å². The summed E-state index contributed by atoms with van der Waals surface area (Å²) in [6, 6.07) is 47.2. The van der Waals surface area contributed by atoms with Crippen molar-refractivity contribution in [3.05, 3.63) is 156 Å². The SMILES string of the molecule is CCc1ccc(C(C)C)cc1-c1ccc(OC(=O)c2ccc(N(c3ccccc3)c3ccc4ccccc4c3)cc2)cc1. The van der Waals surface area contributed by atoms with Gasteiger partial charge < -0.3 is 9.64 Å². The third-order valence-corrected chi connectivity index (χ3v) is 7.92. The summed E-state index contributed by atoms with van der Waals surface area (Å²) in [5, 5.41) is 2.37. The molecule has 212 valence electrons. The van der Waals surface area contributed by atoms with Gasteiger partial charge in [-0.25, -0.2) is 4.79 Å². The molecule has 0 atom stereocenters. The van der Waals surface area contributed by atoms with Crippen molar-refractivity contribution in [2.45, 2.75) is 33.1 Å². The van der Waals surface area contributed by atoms with Crippen LogP contribution in [0.3, 0.4) is 0 Å². The van der Waals surface area contributed by atoms with Crippen molar-refractivity contribution in [1.29, 1.82) is 0 Å². The quantitative estimate of drug-likeness (QED) is 0.137. The lowest BCUT2D eigenvalue weighted by Crippen LogP contribution is -2.11. The zero-order valence-electron chi connectivity index (χ0n) is 24.8. The van der Waals surface area contributed by atoms with Gasteiger partial charge in [-0.05, 0) is 106 Å². The van der Waals surface area contributed by atoms with Gasteiger partial charge in [0.1, 0.15) is 5.75 Å². The maximum atomic E-state index is 13.1. The maximum Gasteiger partial charge on any atom is 0.343 e. The molecule has 0 aliphatic carbocycles. The summed E-state index contributed by atoms with van der Waals surface area (Å²) in [6.45, 7) is 6.60. The first-order valence-corrected chi connectivity index (χ1v) is 14.9. The Labute approximate surface area is 254 Å². The van der Waals surface area contributed by atoms with E-state index in [0.29, 0.717) is 17.2 Å². The van der Waals surface area contributed by atoms with E-state index in [9.17, 15) is 4.79 Å². The fraction of sp³-hybridized carbons (Fsp3) is 0.125. The molecule has 0 aromatic heterocycles. The van der Waals surface area contributed by atoms with Crippen molar-refractivity contribution >= 4 is 33.8 Å². The third-order valence-electron chi connectivity index (χ3n) is 7.92. The monoisotopic (exact) mass is 561 g/mol. The van der Waals surface area contributed by atoms with Crippen molar-refractivity contribution in [3.63, 3.8) is 0 Å². The second kappa shape index (κ2) is 12.4. The zero-order valence-corrected chi connectivity index (χ0v) is 24.8. The van der Waals surface area contributed by atoms with Gasteiger partial charge in [-0.15, -0.1) is 0 Å². The van der Waals surface area contributed by atoms with Crippen LogP contribution in [0.4, 0.5) is 17.1 Å². The van der Waals surface area contributed by atoms with E-state index in [1.165, 1.54) is 27.5 Å². The summed E-state index contributed by atoms with van der Waals surface area (Å²) in [4.78, 5) is 15.3. The molecule has 0 radical (unpaired) electrons. The van der Waals surface area contributed by atoms with Crippen LogP contribution in [-0.2, 0) is 6.42 Å². The number of anilines is 3. The molecule has 0 unspecified atom stereocenters. The van der Waals surface area contributed by atoms with Crippen LogP contribution >= 0.6 is 0 Å². The summed E-state index contributed by atoms with van der Waals surface area (Å²) < 4.78 is 5.78. The van der Waals surface area contributed by atoms with Crippen LogP contribution in [0.5, 0.6) is 5.75 Å². The largest absolute Gasteiger partial charge is 0.423 e. The standard InChI is InChI=1S/C40H35NO2/c1-4-29-14-15-33(28(2)3)27-39(29)31-19-24-38(25-20-31)43-40(42)32-17-21-36(22-18-32)41(35-12-6-5-7-13-35)37-23-16-30-10-8-9-11-34(30)26-37/h5-28H,4H2,1-3H3. The van der Waals surface area contributed by atoms with Crippen LogP contribution in [-0.4, -0.2) is 5.97 Å². The molecule has 3 heteroatoms. The van der Waals surface area contributed by atoms with Crippen molar-refractivity contribution in [2.24, 2.45) is 0 Å². The van der Waals surface area contributed by atoms with E-state index in [2.05, 4.69) is 98.5 Å². The van der Waals surface area contributed by atoms with Gasteiger partial charge in [-0.3, -0.25) is 0 Å². The number of carbonyl (C=O) groups is 1. The molecule has 0 saturated heterocycles. The summed E-state index contributed by atoms with van der Waals surface area (Å²) in [5.74, 6) is 0.605. The Kier molecular flexibility index (Phi) is 8.06. The second-order valence-corrected chi connectivity index (χ2v) is 11.1. The zero-order chi connectivity index (χ0) is 29.8. The molecule has 0 aliphatic rings. The highest BCUT2D eigenvalue weighted by Crippen LogP contribution is 2.36. The summed E-state index contributed by atoms with van der Waals surface area (Å²) in [6.07, 6.45) is 0.961. The number of aryl methyl sites for hydroxylation is 1. The molecule has 0 spiro atoms. The number of esters is 1. The average molecular weight is 562 g/mol. The minimum Gasteiger partial charge on any atom is -0.423 e. The number of carbonyl (C=O) groups excluding carboxylic acids is 1. The van der Waals surface area contributed by atoms with Gasteiger partial charge in [0.15, 0.2) is 0 Å². The van der Waals surface area contributed by atoms with Crippen LogP contribution in [0.25, 0.3) is 21.9 Å². The molecule has 0 N–H and O–H groups in total. The third kappa shape index (κ3) is 6.07. The number of fused-ring (bicyclic) bond motifs is 1. The normalized spacial score (nSPS) is 11.1. The van der Waals surface area contributed by atoms with Crippen molar-refractivity contribution < 1.29 is 9.53 Å². The van der Waals surface area contributed by atoms with Gasteiger partial charge in [-0.1, -0.05) is 99.6 Å². The number of rotatable bonds is 8. The smallest absolute Gasteiger partial charge is 0.343 e. The molecule has 0 heterocycles. The Morgan fingerprint density at radius 2 is 1.30 bits per heavy atom. The predicted molar refractivity (Wildman–Crippen MR) is 179 cm³/mol. The molecule has 0 aliphatic heterocycles. The van der Waals surface area contributed by atoms with Gasteiger partial charge in [0.2, 0.25) is 0 Å². The van der Waals surface area contributed by atoms with E-state index in [0.717, 1.165) is 29.0 Å². The average Bonchev–Trinajstić information content (AvgIpc) is 3.05. The maximum absolute atomic E-state index is 13.1. The topological polar surface area (TPSA) is 29.5 Å². The van der Waals surface area contributed by atoms with E-state index >= 15 is 0 Å². The molecule has 43 heavy (non-hydrogen) atoms. The molecular weight excluding hydrogens is 526 g/mol. The first-order valence-electron chi connectivity index (χ1n) is 14.9. The first kappa shape index (κ1) is 28.0. The van der Waals surface area contributed by atoms with E-state index in [4.69, 9.17) is 4.74 Å². The molecule has 6 aromatic carbocycles. The Bertz CT molecular complexity index is 1860. The van der Waals surface area contributed by atoms with Crippen molar-refractivity contribution in [2.75, 3.05) is 4.90 Å². The first-order chi connectivity index (χ1) is 21.0. The fourth-order valence-corrected chi connectivity index (χ4v) is 5.49. The number of nitrogens with zero attached hydrogens (tertiary/aromatic N) is 1. The van der Waals surface area contributed by atoms with E-state index in [1.807, 2.05) is 66.7 Å². The van der Waals surface area contributed by atoms with Gasteiger partial charge in [0, 0.05) is 17.1 Å². The number of hydrogen-bond acceptors (Lipinski definition) is 3. The second-order valence-electron chi connectivity index (χ2n) is 11.1. The number of para-hydroxylation sites is 1. The Morgan fingerprint density at radius 1 is 0.651 bits per heavy atom. The lowest BCUT2D eigenvalue weighted by Gasteiger charge is -2.26. The Balaban J connectivity index is 1.23. The van der Waals surface area contributed by atoms with Gasteiger partial charge in [-0.2, -0.15) is 0 Å². The molecule has 6 aromatic rings. The van der Waals surface area contributed by atoms with E-state index in [1.54, 1.807) is 0 Å². The van der Waals surface area contributed by atoms with Crippen LogP contribution in [0.1, 0.15) is 48.2 Å². The minimum absolute atomic E-state index is 0.382. The van der Waals surface area contributed by atoms with E-state index in [-0.39, 0.29) is 5.97 Å². The summed E-state index contributed by atoms with van der Waals surface area (Å²) in [5.41, 5.74) is 8.52.